The summed E-state index contributed by atoms with van der Waals surface area (Å²) in [6.07, 6.45) is 1.77. The predicted molar refractivity (Wildman–Crippen MR) is 90.4 cm³/mol. The first-order valence-electron chi connectivity index (χ1n) is 7.61. The normalized spacial score (nSPS) is 21.6. The van der Waals surface area contributed by atoms with Crippen LogP contribution in [0.5, 0.6) is 0 Å². The zero-order chi connectivity index (χ0) is 15.7. The molecule has 1 unspecified atom stereocenters. The van der Waals surface area contributed by atoms with Crippen LogP contribution in [0.2, 0.25) is 0 Å². The molecule has 0 aromatic heterocycles. The second-order valence-corrected chi connectivity index (χ2v) is 7.74. The first kappa shape index (κ1) is 18.2. The van der Waals surface area contributed by atoms with E-state index in [0.29, 0.717) is 18.7 Å². The highest BCUT2D eigenvalue weighted by atomic mass is 35.5. The number of rotatable bonds is 4. The molecule has 1 aliphatic heterocycles. The molecule has 2 N–H and O–H groups in total. The van der Waals surface area contributed by atoms with Gasteiger partial charge in [0.05, 0.1) is 4.90 Å². The maximum absolute atomic E-state index is 12.5. The number of hydrogen-bond donors (Lipinski definition) is 2. The Bertz CT molecular complexity index is 676. The van der Waals surface area contributed by atoms with Crippen LogP contribution in [0, 0.1) is 0 Å². The fourth-order valence-corrected chi connectivity index (χ4v) is 3.93. The molecule has 0 bridgehead atoms. The SMILES string of the molecule is CC1CN(C(=O)c2cccc(S(=O)(=O)NC3CC3)c2)CCN1.Cl. The number of hydrogen-bond acceptors (Lipinski definition) is 4. The summed E-state index contributed by atoms with van der Waals surface area (Å²) in [6.45, 7) is 4.06. The summed E-state index contributed by atoms with van der Waals surface area (Å²) in [6, 6.07) is 6.60. The standard InChI is InChI=1S/C15H21N3O3S.ClH/c1-11-10-18(8-7-16-11)15(19)12-3-2-4-14(9-12)22(20,21)17-13-5-6-13;/h2-4,9,11,13,16-17H,5-8,10H2,1H3;1H. The van der Waals surface area contributed by atoms with Crippen LogP contribution in [0.15, 0.2) is 29.2 Å². The summed E-state index contributed by atoms with van der Waals surface area (Å²) in [5.41, 5.74) is 0.424. The van der Waals surface area contributed by atoms with Crippen molar-refractivity contribution in [1.29, 1.82) is 0 Å². The molecule has 2 aliphatic rings. The van der Waals surface area contributed by atoms with E-state index in [1.807, 2.05) is 6.92 Å². The molecule has 6 nitrogen and oxygen atoms in total. The molecule has 3 rings (SSSR count). The summed E-state index contributed by atoms with van der Waals surface area (Å²) < 4.78 is 27.1. The molecule has 0 radical (unpaired) electrons. The number of amides is 1. The fraction of sp³-hybridized carbons (Fsp3) is 0.533. The topological polar surface area (TPSA) is 78.5 Å². The number of nitrogens with zero attached hydrogens (tertiary/aromatic N) is 1. The van der Waals surface area contributed by atoms with Gasteiger partial charge in [-0.2, -0.15) is 0 Å². The number of carbonyl (C=O) groups is 1. The van der Waals surface area contributed by atoms with Crippen LogP contribution in [-0.2, 0) is 10.0 Å². The van der Waals surface area contributed by atoms with Crippen LogP contribution in [0.4, 0.5) is 0 Å². The summed E-state index contributed by atoms with van der Waals surface area (Å²) in [5.74, 6) is -0.114. The Balaban J connectivity index is 0.00000192. The lowest BCUT2D eigenvalue weighted by molar-refractivity contribution is 0.0709. The number of halogens is 1. The van der Waals surface area contributed by atoms with Gasteiger partial charge in [-0.25, -0.2) is 13.1 Å². The van der Waals surface area contributed by atoms with Crippen LogP contribution < -0.4 is 10.0 Å². The van der Waals surface area contributed by atoms with Crippen molar-refractivity contribution in [1.82, 2.24) is 14.9 Å². The quantitative estimate of drug-likeness (QED) is 0.840. The van der Waals surface area contributed by atoms with Gasteiger partial charge in [-0.3, -0.25) is 4.79 Å². The Morgan fingerprint density at radius 1 is 1.35 bits per heavy atom. The minimum absolute atomic E-state index is 0. The lowest BCUT2D eigenvalue weighted by Crippen LogP contribution is -2.51. The second-order valence-electron chi connectivity index (χ2n) is 6.03. The minimum atomic E-state index is -3.53. The molecule has 1 aromatic carbocycles. The molecule has 8 heteroatoms. The first-order chi connectivity index (χ1) is 10.5. The van der Waals surface area contributed by atoms with Gasteiger partial charge in [-0.15, -0.1) is 12.4 Å². The molecule has 1 saturated heterocycles. The maximum Gasteiger partial charge on any atom is 0.253 e. The van der Waals surface area contributed by atoms with Gasteiger partial charge in [0.2, 0.25) is 10.0 Å². The molecule has 23 heavy (non-hydrogen) atoms. The van der Waals surface area contributed by atoms with E-state index in [9.17, 15) is 13.2 Å². The van der Waals surface area contributed by atoms with Gasteiger partial charge in [0, 0.05) is 37.3 Å². The lowest BCUT2D eigenvalue weighted by Gasteiger charge is -2.32. The summed E-state index contributed by atoms with van der Waals surface area (Å²) >= 11 is 0. The summed E-state index contributed by atoms with van der Waals surface area (Å²) in [4.78, 5) is 14.5. The Morgan fingerprint density at radius 3 is 2.74 bits per heavy atom. The van der Waals surface area contributed by atoms with Crippen molar-refractivity contribution in [2.24, 2.45) is 0 Å². The van der Waals surface area contributed by atoms with Crippen LogP contribution in [0.3, 0.4) is 0 Å². The molecule has 1 heterocycles. The minimum Gasteiger partial charge on any atom is -0.336 e. The van der Waals surface area contributed by atoms with Gasteiger partial charge in [0.25, 0.3) is 5.91 Å². The van der Waals surface area contributed by atoms with E-state index in [1.54, 1.807) is 17.0 Å². The average Bonchev–Trinajstić information content (AvgIpc) is 3.30. The van der Waals surface area contributed by atoms with E-state index in [-0.39, 0.29) is 35.3 Å². The number of carbonyl (C=O) groups excluding carboxylic acids is 1. The molecule has 2 fully saturated rings. The Kier molecular flexibility index (Phi) is 5.67. The van der Waals surface area contributed by atoms with Gasteiger partial charge < -0.3 is 10.2 Å². The van der Waals surface area contributed by atoms with Gasteiger partial charge in [0.1, 0.15) is 0 Å². The maximum atomic E-state index is 12.5. The average molecular weight is 360 g/mol. The number of piperazine rings is 1. The molecule has 1 aliphatic carbocycles. The van der Waals surface area contributed by atoms with E-state index >= 15 is 0 Å². The fourth-order valence-electron chi connectivity index (χ4n) is 2.58. The van der Waals surface area contributed by atoms with Crippen LogP contribution in [-0.4, -0.2) is 50.9 Å². The Hall–Kier alpha value is -1.15. The second kappa shape index (κ2) is 7.17. The molecule has 1 atom stereocenters. The monoisotopic (exact) mass is 359 g/mol. The van der Waals surface area contributed by atoms with E-state index in [2.05, 4.69) is 10.0 Å². The zero-order valence-corrected chi connectivity index (χ0v) is 14.6. The Labute approximate surface area is 143 Å². The van der Waals surface area contributed by atoms with Gasteiger partial charge in [-0.1, -0.05) is 6.07 Å². The van der Waals surface area contributed by atoms with Crippen LogP contribution >= 0.6 is 12.4 Å². The van der Waals surface area contributed by atoms with E-state index < -0.39 is 10.0 Å². The van der Waals surface area contributed by atoms with Crippen molar-refractivity contribution in [2.75, 3.05) is 19.6 Å². The highest BCUT2D eigenvalue weighted by molar-refractivity contribution is 7.89. The number of benzene rings is 1. The van der Waals surface area contributed by atoms with Crippen LogP contribution in [0.25, 0.3) is 0 Å². The molecular weight excluding hydrogens is 338 g/mol. The van der Waals surface area contributed by atoms with E-state index in [4.69, 9.17) is 0 Å². The number of sulfonamides is 1. The molecule has 0 spiro atoms. The molecular formula is C15H22ClN3O3S. The van der Waals surface area contributed by atoms with Crippen molar-refractivity contribution in [3.63, 3.8) is 0 Å². The van der Waals surface area contributed by atoms with Crippen molar-refractivity contribution in [2.45, 2.75) is 36.7 Å². The third kappa shape index (κ3) is 4.44. The van der Waals surface area contributed by atoms with Crippen molar-refractivity contribution < 1.29 is 13.2 Å². The van der Waals surface area contributed by atoms with Crippen LogP contribution in [0.1, 0.15) is 30.1 Å². The highest BCUT2D eigenvalue weighted by Gasteiger charge is 2.29. The van der Waals surface area contributed by atoms with E-state index in [0.717, 1.165) is 19.4 Å². The van der Waals surface area contributed by atoms with Gasteiger partial charge in [0.15, 0.2) is 0 Å². The summed E-state index contributed by atoms with van der Waals surface area (Å²) in [5, 5.41) is 3.28. The molecule has 1 amide bonds. The zero-order valence-electron chi connectivity index (χ0n) is 13.0. The third-order valence-corrected chi connectivity index (χ3v) is 5.46. The first-order valence-corrected chi connectivity index (χ1v) is 9.09. The predicted octanol–water partition coefficient (Wildman–Crippen LogP) is 0.983. The van der Waals surface area contributed by atoms with Gasteiger partial charge in [-0.05, 0) is 38.0 Å². The van der Waals surface area contributed by atoms with Crippen molar-refractivity contribution in [3.8, 4) is 0 Å². The third-order valence-electron chi connectivity index (χ3n) is 3.95. The van der Waals surface area contributed by atoms with Gasteiger partial charge >= 0.3 is 0 Å². The summed E-state index contributed by atoms with van der Waals surface area (Å²) in [7, 11) is -3.53. The largest absolute Gasteiger partial charge is 0.336 e. The van der Waals surface area contributed by atoms with E-state index in [1.165, 1.54) is 12.1 Å². The molecule has 1 saturated carbocycles. The van der Waals surface area contributed by atoms with Crippen molar-refractivity contribution >= 4 is 28.3 Å². The lowest BCUT2D eigenvalue weighted by atomic mass is 10.1. The van der Waals surface area contributed by atoms with Crippen molar-refractivity contribution in [3.05, 3.63) is 29.8 Å². The smallest absolute Gasteiger partial charge is 0.253 e. The molecule has 1 aromatic rings. The Morgan fingerprint density at radius 2 is 2.09 bits per heavy atom. The highest BCUT2D eigenvalue weighted by Crippen LogP contribution is 2.22. The molecule has 128 valence electrons. The number of nitrogens with one attached hydrogen (secondary N) is 2.